The van der Waals surface area contributed by atoms with Crippen molar-refractivity contribution in [2.24, 2.45) is 17.6 Å². The predicted molar refractivity (Wildman–Crippen MR) is 95.5 cm³/mol. The van der Waals surface area contributed by atoms with Crippen LogP contribution < -0.4 is 5.73 Å². The summed E-state index contributed by atoms with van der Waals surface area (Å²) in [6, 6.07) is 0. The summed E-state index contributed by atoms with van der Waals surface area (Å²) < 4.78 is 1.94. The number of Topliss-reactive ketones (excluding diaryl/α,β-unsaturated/α-hetero) is 1. The van der Waals surface area contributed by atoms with E-state index in [0.717, 1.165) is 38.2 Å². The highest BCUT2D eigenvalue weighted by molar-refractivity contribution is 5.76. The van der Waals surface area contributed by atoms with Crippen LogP contribution in [0.15, 0.2) is 12.4 Å². The minimum Gasteiger partial charge on any atom is -0.343 e. The van der Waals surface area contributed by atoms with Gasteiger partial charge in [-0.2, -0.15) is 0 Å². The molecule has 1 saturated heterocycles. The molecule has 0 unspecified atom stereocenters. The lowest BCUT2D eigenvalue weighted by Gasteiger charge is -2.32. The minimum absolute atomic E-state index is 0.147. The molecule has 1 aliphatic heterocycles. The molecule has 0 saturated carbocycles. The molecule has 1 aliphatic rings. The number of aromatic nitrogens is 2. The maximum Gasteiger partial charge on any atom is 0.222 e. The number of nitrogens with zero attached hydrogens (tertiary/aromatic N) is 3. The molecule has 2 rings (SSSR count). The van der Waals surface area contributed by atoms with E-state index in [1.54, 1.807) is 13.1 Å². The summed E-state index contributed by atoms with van der Waals surface area (Å²) in [7, 11) is 1.50. The van der Waals surface area contributed by atoms with Gasteiger partial charge in [0.1, 0.15) is 11.6 Å². The first kappa shape index (κ1) is 20.4. The van der Waals surface area contributed by atoms with E-state index in [4.69, 9.17) is 0 Å². The predicted octanol–water partition coefficient (Wildman–Crippen LogP) is 1.87. The molecule has 0 bridgehead atoms. The van der Waals surface area contributed by atoms with Crippen LogP contribution in [-0.4, -0.2) is 46.3 Å². The highest BCUT2D eigenvalue weighted by atomic mass is 16.2. The Bertz CT molecular complexity index is 517. The lowest BCUT2D eigenvalue weighted by Crippen LogP contribution is -2.39. The Morgan fingerprint density at radius 1 is 1.29 bits per heavy atom. The molecule has 0 radical (unpaired) electrons. The SMILES string of the molecule is CC(=O)Cn1ccnc1CC1CCN(C(=O)CC(C)C)CC1.CN. The maximum absolute atomic E-state index is 12.1. The number of imidazole rings is 1. The highest BCUT2D eigenvalue weighted by Gasteiger charge is 2.24. The van der Waals surface area contributed by atoms with Crippen LogP contribution in [0.5, 0.6) is 0 Å². The van der Waals surface area contributed by atoms with Crippen molar-refractivity contribution < 1.29 is 9.59 Å². The van der Waals surface area contributed by atoms with Crippen molar-refractivity contribution in [1.29, 1.82) is 0 Å². The van der Waals surface area contributed by atoms with Gasteiger partial charge in [-0.25, -0.2) is 4.98 Å². The Balaban J connectivity index is 0.00000139. The van der Waals surface area contributed by atoms with Gasteiger partial charge in [0.25, 0.3) is 0 Å². The first-order valence-electron chi connectivity index (χ1n) is 8.80. The minimum atomic E-state index is 0.147. The van der Waals surface area contributed by atoms with Crippen LogP contribution in [0.25, 0.3) is 0 Å². The van der Waals surface area contributed by atoms with Crippen molar-refractivity contribution in [2.45, 2.75) is 53.0 Å². The molecule has 136 valence electrons. The van der Waals surface area contributed by atoms with Crippen LogP contribution in [0.2, 0.25) is 0 Å². The number of amides is 1. The van der Waals surface area contributed by atoms with Crippen molar-refractivity contribution in [3.05, 3.63) is 18.2 Å². The van der Waals surface area contributed by atoms with Gasteiger partial charge in [-0.05, 0) is 38.6 Å². The molecule has 6 heteroatoms. The summed E-state index contributed by atoms with van der Waals surface area (Å²) in [4.78, 5) is 29.7. The van der Waals surface area contributed by atoms with Crippen LogP contribution in [0.4, 0.5) is 0 Å². The molecule has 2 N–H and O–H groups in total. The lowest BCUT2D eigenvalue weighted by atomic mass is 9.92. The number of carbonyl (C=O) groups is 2. The zero-order valence-electron chi connectivity index (χ0n) is 15.5. The second-order valence-electron chi connectivity index (χ2n) is 6.80. The van der Waals surface area contributed by atoms with E-state index in [0.29, 0.717) is 24.8 Å². The summed E-state index contributed by atoms with van der Waals surface area (Å²) in [5, 5.41) is 0. The van der Waals surface area contributed by atoms with Crippen molar-refractivity contribution in [2.75, 3.05) is 20.1 Å². The van der Waals surface area contributed by atoms with Crippen molar-refractivity contribution >= 4 is 11.7 Å². The molecule has 2 heterocycles. The van der Waals surface area contributed by atoms with E-state index in [2.05, 4.69) is 24.6 Å². The summed E-state index contributed by atoms with van der Waals surface area (Å²) in [6.07, 6.45) is 7.23. The molecule has 6 nitrogen and oxygen atoms in total. The van der Waals surface area contributed by atoms with Gasteiger partial charge in [-0.15, -0.1) is 0 Å². The number of rotatable bonds is 6. The van der Waals surface area contributed by atoms with Crippen LogP contribution in [0.1, 0.15) is 45.9 Å². The smallest absolute Gasteiger partial charge is 0.222 e. The second kappa shape index (κ2) is 10.2. The third-order valence-corrected chi connectivity index (χ3v) is 4.22. The quantitative estimate of drug-likeness (QED) is 0.860. The van der Waals surface area contributed by atoms with Gasteiger partial charge < -0.3 is 15.2 Å². The number of ketones is 1. The molecule has 1 aromatic rings. The van der Waals surface area contributed by atoms with Gasteiger partial charge in [0, 0.05) is 38.3 Å². The van der Waals surface area contributed by atoms with Gasteiger partial charge in [-0.1, -0.05) is 13.8 Å². The second-order valence-corrected chi connectivity index (χ2v) is 6.80. The summed E-state index contributed by atoms with van der Waals surface area (Å²) in [6.45, 7) is 7.87. The van der Waals surface area contributed by atoms with Crippen molar-refractivity contribution in [1.82, 2.24) is 14.5 Å². The summed E-state index contributed by atoms with van der Waals surface area (Å²) in [5.41, 5.74) is 4.50. The molecule has 24 heavy (non-hydrogen) atoms. The fourth-order valence-corrected chi connectivity index (χ4v) is 3.04. The molecule has 1 amide bonds. The van der Waals surface area contributed by atoms with Crippen LogP contribution >= 0.6 is 0 Å². The number of hydrogen-bond donors (Lipinski definition) is 1. The van der Waals surface area contributed by atoms with E-state index < -0.39 is 0 Å². The highest BCUT2D eigenvalue weighted by Crippen LogP contribution is 2.22. The van der Waals surface area contributed by atoms with Crippen molar-refractivity contribution in [3.8, 4) is 0 Å². The fraction of sp³-hybridized carbons (Fsp3) is 0.722. The standard InChI is InChI=1S/C17H27N3O2.CH5N/c1-13(2)10-17(22)19-7-4-15(5-8-19)11-16-18-6-9-20(16)12-14(3)21;1-2/h6,9,13,15H,4-5,7-8,10-12H2,1-3H3;2H2,1H3. The number of piperidine rings is 1. The summed E-state index contributed by atoms with van der Waals surface area (Å²) >= 11 is 0. The van der Waals surface area contributed by atoms with E-state index in [-0.39, 0.29) is 11.7 Å². The Hall–Kier alpha value is -1.69. The zero-order valence-corrected chi connectivity index (χ0v) is 15.5. The number of nitrogens with two attached hydrogens (primary N) is 1. The van der Waals surface area contributed by atoms with Gasteiger partial charge in [0.15, 0.2) is 0 Å². The molecule has 0 atom stereocenters. The van der Waals surface area contributed by atoms with E-state index in [1.807, 2.05) is 15.7 Å². The normalized spacial score (nSPS) is 15.2. The van der Waals surface area contributed by atoms with Crippen LogP contribution in [0.3, 0.4) is 0 Å². The Kier molecular flexibility index (Phi) is 8.68. The largest absolute Gasteiger partial charge is 0.343 e. The first-order valence-corrected chi connectivity index (χ1v) is 8.80. The molecule has 0 aliphatic carbocycles. The van der Waals surface area contributed by atoms with Gasteiger partial charge in [0.2, 0.25) is 5.91 Å². The van der Waals surface area contributed by atoms with E-state index >= 15 is 0 Å². The number of carbonyl (C=O) groups excluding carboxylic acids is 2. The molecular weight excluding hydrogens is 304 g/mol. The van der Waals surface area contributed by atoms with Gasteiger partial charge >= 0.3 is 0 Å². The number of likely N-dealkylation sites (tertiary alicyclic amines) is 1. The van der Waals surface area contributed by atoms with E-state index in [1.165, 1.54) is 7.05 Å². The fourth-order valence-electron chi connectivity index (χ4n) is 3.04. The van der Waals surface area contributed by atoms with Crippen LogP contribution in [0, 0.1) is 11.8 Å². The van der Waals surface area contributed by atoms with E-state index in [9.17, 15) is 9.59 Å². The van der Waals surface area contributed by atoms with Gasteiger partial charge in [0.05, 0.1) is 6.54 Å². The van der Waals surface area contributed by atoms with Crippen molar-refractivity contribution in [3.63, 3.8) is 0 Å². The monoisotopic (exact) mass is 336 g/mol. The molecule has 0 aromatic carbocycles. The van der Waals surface area contributed by atoms with Crippen LogP contribution in [-0.2, 0) is 22.6 Å². The summed E-state index contributed by atoms with van der Waals surface area (Å²) in [5.74, 6) is 2.39. The zero-order chi connectivity index (χ0) is 18.1. The van der Waals surface area contributed by atoms with Gasteiger partial charge in [-0.3, -0.25) is 9.59 Å². The molecule has 1 aromatic heterocycles. The average molecular weight is 336 g/mol. The Labute approximate surface area is 145 Å². The Morgan fingerprint density at radius 2 is 1.92 bits per heavy atom. The third-order valence-electron chi connectivity index (χ3n) is 4.22. The molecular formula is C18H32N4O2. The average Bonchev–Trinajstić information content (AvgIpc) is 2.95. The number of hydrogen-bond acceptors (Lipinski definition) is 4. The Morgan fingerprint density at radius 3 is 2.46 bits per heavy atom. The topological polar surface area (TPSA) is 81.2 Å². The molecule has 1 fully saturated rings. The molecule has 0 spiro atoms. The first-order chi connectivity index (χ1) is 11.5. The maximum atomic E-state index is 12.1. The third kappa shape index (κ3) is 6.43. The lowest BCUT2D eigenvalue weighted by molar-refractivity contribution is -0.133.